The van der Waals surface area contributed by atoms with Crippen LogP contribution in [-0.4, -0.2) is 21.8 Å². The molecule has 5 heteroatoms. The van der Waals surface area contributed by atoms with Gasteiger partial charge in [0.25, 0.3) is 0 Å². The average Bonchev–Trinajstić information content (AvgIpc) is 3.03. The molecule has 2 aromatic heterocycles. The first-order chi connectivity index (χ1) is 11.8. The van der Waals surface area contributed by atoms with Gasteiger partial charge in [0.1, 0.15) is 5.65 Å². The molecule has 2 N–H and O–H groups in total. The van der Waals surface area contributed by atoms with Gasteiger partial charge in [0.2, 0.25) is 5.78 Å². The number of nitrogens with one attached hydrogen (secondary N) is 2. The zero-order valence-electron chi connectivity index (χ0n) is 13.5. The first-order valence-electron chi connectivity index (χ1n) is 8.64. The van der Waals surface area contributed by atoms with Crippen molar-refractivity contribution in [1.82, 2.24) is 15.3 Å². The van der Waals surface area contributed by atoms with Crippen molar-refractivity contribution in [2.24, 2.45) is 0 Å². The van der Waals surface area contributed by atoms with Crippen LogP contribution in [0.5, 0.6) is 0 Å². The van der Waals surface area contributed by atoms with Crippen molar-refractivity contribution < 1.29 is 9.53 Å². The maximum Gasteiger partial charge on any atom is 0.226 e. The quantitative estimate of drug-likeness (QED) is 0.668. The molecule has 0 atom stereocenters. The SMILES string of the molecule is O=C1C=C(NC2CCCCCC2)O/C1=C/c1c[nH]c2ncccc12. The van der Waals surface area contributed by atoms with Gasteiger partial charge in [-0.25, -0.2) is 4.98 Å². The van der Waals surface area contributed by atoms with Gasteiger partial charge in [-0.3, -0.25) is 4.79 Å². The summed E-state index contributed by atoms with van der Waals surface area (Å²) in [5, 5.41) is 4.37. The summed E-state index contributed by atoms with van der Waals surface area (Å²) in [6.07, 6.45) is 14.3. The second-order valence-electron chi connectivity index (χ2n) is 6.46. The normalized spacial score (nSPS) is 20.9. The van der Waals surface area contributed by atoms with Crippen molar-refractivity contribution in [2.45, 2.75) is 44.6 Å². The Kier molecular flexibility index (Phi) is 4.07. The fourth-order valence-corrected chi connectivity index (χ4v) is 3.42. The first-order valence-corrected chi connectivity index (χ1v) is 8.64. The van der Waals surface area contributed by atoms with Crippen LogP contribution in [0.1, 0.15) is 44.1 Å². The van der Waals surface area contributed by atoms with Gasteiger partial charge in [-0.05, 0) is 31.1 Å². The van der Waals surface area contributed by atoms with E-state index >= 15 is 0 Å². The van der Waals surface area contributed by atoms with E-state index < -0.39 is 0 Å². The lowest BCUT2D eigenvalue weighted by molar-refractivity contribution is -0.112. The molecule has 124 valence electrons. The van der Waals surface area contributed by atoms with E-state index in [4.69, 9.17) is 4.74 Å². The van der Waals surface area contributed by atoms with Crippen molar-refractivity contribution in [3.05, 3.63) is 47.8 Å². The maximum absolute atomic E-state index is 12.2. The minimum Gasteiger partial charge on any atom is -0.437 e. The number of hydrogen-bond donors (Lipinski definition) is 2. The van der Waals surface area contributed by atoms with E-state index in [2.05, 4.69) is 15.3 Å². The number of aromatic amines is 1. The molecule has 0 saturated heterocycles. The van der Waals surface area contributed by atoms with Crippen molar-refractivity contribution in [3.63, 3.8) is 0 Å². The topological polar surface area (TPSA) is 67.0 Å². The second kappa shape index (κ2) is 6.51. The number of aromatic nitrogens is 2. The van der Waals surface area contributed by atoms with Crippen LogP contribution in [0.25, 0.3) is 17.1 Å². The van der Waals surface area contributed by atoms with Gasteiger partial charge in [-0.2, -0.15) is 0 Å². The van der Waals surface area contributed by atoms with Crippen LogP contribution in [0.4, 0.5) is 0 Å². The third kappa shape index (κ3) is 3.07. The summed E-state index contributed by atoms with van der Waals surface area (Å²) in [6.45, 7) is 0. The van der Waals surface area contributed by atoms with Crippen LogP contribution < -0.4 is 5.32 Å². The third-order valence-electron chi connectivity index (χ3n) is 4.70. The molecule has 1 aliphatic carbocycles. The van der Waals surface area contributed by atoms with E-state index in [9.17, 15) is 4.79 Å². The molecule has 24 heavy (non-hydrogen) atoms. The molecule has 3 heterocycles. The van der Waals surface area contributed by atoms with Crippen LogP contribution in [0.15, 0.2) is 42.2 Å². The van der Waals surface area contributed by atoms with Crippen LogP contribution in [0.3, 0.4) is 0 Å². The number of carbonyl (C=O) groups is 1. The molecule has 4 rings (SSSR count). The Morgan fingerprint density at radius 3 is 2.92 bits per heavy atom. The van der Waals surface area contributed by atoms with Gasteiger partial charge in [0, 0.05) is 35.5 Å². The maximum atomic E-state index is 12.2. The van der Waals surface area contributed by atoms with E-state index in [1.54, 1.807) is 18.3 Å². The highest BCUT2D eigenvalue weighted by Gasteiger charge is 2.23. The lowest BCUT2D eigenvalue weighted by Crippen LogP contribution is -2.27. The number of carbonyl (C=O) groups excluding carboxylic acids is 1. The number of ether oxygens (including phenoxy) is 1. The van der Waals surface area contributed by atoms with Crippen molar-refractivity contribution in [1.29, 1.82) is 0 Å². The fourth-order valence-electron chi connectivity index (χ4n) is 3.42. The van der Waals surface area contributed by atoms with Gasteiger partial charge in [-0.15, -0.1) is 0 Å². The number of hydrogen-bond acceptors (Lipinski definition) is 4. The smallest absolute Gasteiger partial charge is 0.226 e. The lowest BCUT2D eigenvalue weighted by atomic mass is 10.1. The van der Waals surface area contributed by atoms with Gasteiger partial charge in [0.15, 0.2) is 11.6 Å². The average molecular weight is 323 g/mol. The Labute approximate surface area is 140 Å². The molecule has 0 radical (unpaired) electrons. The zero-order chi connectivity index (χ0) is 16.4. The van der Waals surface area contributed by atoms with Crippen LogP contribution in [0.2, 0.25) is 0 Å². The van der Waals surface area contributed by atoms with E-state index in [-0.39, 0.29) is 5.78 Å². The number of nitrogens with zero attached hydrogens (tertiary/aromatic N) is 1. The Balaban J connectivity index is 1.49. The lowest BCUT2D eigenvalue weighted by Gasteiger charge is -2.17. The Hall–Kier alpha value is -2.56. The zero-order valence-corrected chi connectivity index (χ0v) is 13.5. The van der Waals surface area contributed by atoms with Gasteiger partial charge < -0.3 is 15.0 Å². The molecule has 5 nitrogen and oxygen atoms in total. The molecule has 0 bridgehead atoms. The molecule has 0 unspecified atom stereocenters. The predicted molar refractivity (Wildman–Crippen MR) is 92.9 cm³/mol. The summed E-state index contributed by atoms with van der Waals surface area (Å²) in [5.41, 5.74) is 1.71. The summed E-state index contributed by atoms with van der Waals surface area (Å²) in [5.74, 6) is 0.844. The van der Waals surface area contributed by atoms with Crippen LogP contribution in [-0.2, 0) is 9.53 Å². The highest BCUT2D eigenvalue weighted by atomic mass is 16.5. The van der Waals surface area contributed by atoms with Crippen LogP contribution >= 0.6 is 0 Å². The van der Waals surface area contributed by atoms with E-state index in [0.29, 0.717) is 17.7 Å². The molecular weight excluding hydrogens is 302 g/mol. The number of H-pyrrole nitrogens is 1. The minimum absolute atomic E-state index is 0.0932. The number of ketones is 1. The molecule has 0 amide bonds. The molecule has 2 aromatic rings. The second-order valence-corrected chi connectivity index (χ2v) is 6.46. The Morgan fingerprint density at radius 2 is 2.08 bits per heavy atom. The summed E-state index contributed by atoms with van der Waals surface area (Å²) < 4.78 is 5.77. The van der Waals surface area contributed by atoms with Gasteiger partial charge in [0.05, 0.1) is 0 Å². The predicted octanol–water partition coefficient (Wildman–Crippen LogP) is 3.66. The standard InChI is InChI=1S/C19H21N3O2/c23-16-11-18(22-14-6-3-1-2-4-7-14)24-17(16)10-13-12-21-19-15(13)8-5-9-20-19/h5,8-12,14,22H,1-4,6-7H2,(H,20,21)/b17-10+. The summed E-state index contributed by atoms with van der Waals surface area (Å²) in [7, 11) is 0. The largest absolute Gasteiger partial charge is 0.437 e. The van der Waals surface area contributed by atoms with Crippen molar-refractivity contribution in [3.8, 4) is 0 Å². The third-order valence-corrected chi connectivity index (χ3v) is 4.70. The summed E-state index contributed by atoms with van der Waals surface area (Å²) >= 11 is 0. The van der Waals surface area contributed by atoms with Crippen LogP contribution in [0, 0.1) is 0 Å². The molecule has 0 aromatic carbocycles. The Bertz CT molecular complexity index is 811. The monoisotopic (exact) mass is 323 g/mol. The number of rotatable bonds is 3. The molecule has 0 spiro atoms. The molecule has 1 aliphatic heterocycles. The molecule has 2 aliphatic rings. The fraction of sp³-hybridized carbons (Fsp3) is 0.368. The molecular formula is C19H21N3O2. The number of pyridine rings is 1. The first kappa shape index (κ1) is 15.0. The van der Waals surface area contributed by atoms with Gasteiger partial charge >= 0.3 is 0 Å². The highest BCUT2D eigenvalue weighted by molar-refractivity contribution is 6.08. The van der Waals surface area contributed by atoms with Crippen molar-refractivity contribution in [2.75, 3.05) is 0 Å². The molecule has 1 fully saturated rings. The van der Waals surface area contributed by atoms with Gasteiger partial charge in [-0.1, -0.05) is 25.7 Å². The summed E-state index contributed by atoms with van der Waals surface area (Å²) in [4.78, 5) is 19.6. The number of allylic oxidation sites excluding steroid dienone is 1. The van der Waals surface area contributed by atoms with E-state index in [1.807, 2.05) is 18.3 Å². The minimum atomic E-state index is -0.0932. The number of fused-ring (bicyclic) bond motifs is 1. The van der Waals surface area contributed by atoms with E-state index in [1.165, 1.54) is 25.7 Å². The summed E-state index contributed by atoms with van der Waals surface area (Å²) in [6, 6.07) is 4.26. The molecule has 1 saturated carbocycles. The Morgan fingerprint density at radius 1 is 1.25 bits per heavy atom. The van der Waals surface area contributed by atoms with E-state index in [0.717, 1.165) is 29.4 Å². The highest BCUT2D eigenvalue weighted by Crippen LogP contribution is 2.25. The van der Waals surface area contributed by atoms with Crippen molar-refractivity contribution >= 4 is 22.9 Å².